The first-order chi connectivity index (χ1) is 8.10. The van der Waals surface area contributed by atoms with Crippen molar-refractivity contribution in [2.45, 2.75) is 33.2 Å². The highest BCUT2D eigenvalue weighted by Gasteiger charge is 2.06. The van der Waals surface area contributed by atoms with Gasteiger partial charge in [-0.3, -0.25) is 0 Å². The minimum atomic E-state index is 0.162. The van der Waals surface area contributed by atoms with Crippen molar-refractivity contribution in [1.82, 2.24) is 5.32 Å². The van der Waals surface area contributed by atoms with Crippen molar-refractivity contribution >= 4 is 0 Å². The van der Waals surface area contributed by atoms with E-state index in [1.807, 2.05) is 13.0 Å². The molecule has 0 radical (unpaired) electrons. The van der Waals surface area contributed by atoms with Gasteiger partial charge in [0.05, 0.1) is 13.7 Å². The third-order valence-corrected chi connectivity index (χ3v) is 3.23. The van der Waals surface area contributed by atoms with Crippen LogP contribution in [0.2, 0.25) is 0 Å². The van der Waals surface area contributed by atoms with Crippen molar-refractivity contribution in [3.63, 3.8) is 0 Å². The summed E-state index contributed by atoms with van der Waals surface area (Å²) >= 11 is 0. The molecule has 96 valence electrons. The Morgan fingerprint density at radius 3 is 2.59 bits per heavy atom. The summed E-state index contributed by atoms with van der Waals surface area (Å²) in [5.41, 5.74) is 3.84. The summed E-state index contributed by atoms with van der Waals surface area (Å²) in [6, 6.07) is 4.30. The average molecular weight is 237 g/mol. The maximum Gasteiger partial charge on any atom is 0.122 e. The number of hydrogen-bond donors (Lipinski definition) is 2. The van der Waals surface area contributed by atoms with E-state index in [1.54, 1.807) is 7.11 Å². The van der Waals surface area contributed by atoms with E-state index in [2.05, 4.69) is 25.2 Å². The van der Waals surface area contributed by atoms with Crippen LogP contribution in [0, 0.1) is 13.8 Å². The number of benzene rings is 1. The predicted molar refractivity (Wildman–Crippen MR) is 70.7 cm³/mol. The molecule has 1 rings (SSSR count). The zero-order valence-electron chi connectivity index (χ0n) is 11.2. The standard InChI is InChI=1S/C14H23NO2/c1-10(9-16)15-8-7-13-5-6-14(17-4)12(3)11(13)2/h5-6,10,15-16H,7-9H2,1-4H3. The van der Waals surface area contributed by atoms with Gasteiger partial charge in [0, 0.05) is 6.04 Å². The third kappa shape index (κ3) is 3.72. The minimum absolute atomic E-state index is 0.162. The van der Waals surface area contributed by atoms with Gasteiger partial charge in [-0.05, 0) is 56.5 Å². The lowest BCUT2D eigenvalue weighted by Gasteiger charge is -2.14. The van der Waals surface area contributed by atoms with Crippen LogP contribution in [0.5, 0.6) is 5.75 Å². The Morgan fingerprint density at radius 1 is 1.29 bits per heavy atom. The van der Waals surface area contributed by atoms with E-state index in [-0.39, 0.29) is 12.6 Å². The van der Waals surface area contributed by atoms with E-state index in [9.17, 15) is 0 Å². The van der Waals surface area contributed by atoms with Gasteiger partial charge >= 0.3 is 0 Å². The first-order valence-corrected chi connectivity index (χ1v) is 6.07. The highest BCUT2D eigenvalue weighted by atomic mass is 16.5. The molecule has 0 saturated carbocycles. The summed E-state index contributed by atoms with van der Waals surface area (Å²) in [5, 5.41) is 12.2. The monoisotopic (exact) mass is 237 g/mol. The molecule has 3 heteroatoms. The molecule has 0 amide bonds. The van der Waals surface area contributed by atoms with Gasteiger partial charge in [0.2, 0.25) is 0 Å². The van der Waals surface area contributed by atoms with Gasteiger partial charge in [0.1, 0.15) is 5.75 Å². The van der Waals surface area contributed by atoms with Gasteiger partial charge in [0.15, 0.2) is 0 Å². The second-order valence-corrected chi connectivity index (χ2v) is 4.46. The van der Waals surface area contributed by atoms with Crippen molar-refractivity contribution in [3.8, 4) is 5.75 Å². The van der Waals surface area contributed by atoms with E-state index in [0.29, 0.717) is 0 Å². The molecule has 1 aromatic carbocycles. The van der Waals surface area contributed by atoms with Crippen LogP contribution in [0.1, 0.15) is 23.6 Å². The van der Waals surface area contributed by atoms with Crippen LogP contribution in [-0.4, -0.2) is 31.4 Å². The van der Waals surface area contributed by atoms with Gasteiger partial charge in [-0.1, -0.05) is 6.07 Å². The third-order valence-electron chi connectivity index (χ3n) is 3.23. The minimum Gasteiger partial charge on any atom is -0.496 e. The molecule has 1 unspecified atom stereocenters. The van der Waals surface area contributed by atoms with Crippen LogP contribution in [0.15, 0.2) is 12.1 Å². The summed E-state index contributed by atoms with van der Waals surface area (Å²) < 4.78 is 5.29. The fourth-order valence-electron chi connectivity index (χ4n) is 1.86. The molecule has 0 aliphatic rings. The number of ether oxygens (including phenoxy) is 1. The van der Waals surface area contributed by atoms with Crippen molar-refractivity contribution in [3.05, 3.63) is 28.8 Å². The van der Waals surface area contributed by atoms with Gasteiger partial charge in [-0.25, -0.2) is 0 Å². The van der Waals surface area contributed by atoms with Crippen LogP contribution in [0.25, 0.3) is 0 Å². The molecule has 0 saturated heterocycles. The van der Waals surface area contributed by atoms with Crippen molar-refractivity contribution < 1.29 is 9.84 Å². The predicted octanol–water partition coefficient (Wildman–Crippen LogP) is 1.82. The Balaban J connectivity index is 2.63. The quantitative estimate of drug-likeness (QED) is 0.793. The Labute approximate surface area is 104 Å². The maximum atomic E-state index is 8.92. The molecule has 17 heavy (non-hydrogen) atoms. The van der Waals surface area contributed by atoms with Crippen LogP contribution >= 0.6 is 0 Å². The summed E-state index contributed by atoms with van der Waals surface area (Å²) in [4.78, 5) is 0. The molecule has 0 aromatic heterocycles. The van der Waals surface area contributed by atoms with Crippen LogP contribution in [0.4, 0.5) is 0 Å². The SMILES string of the molecule is COc1ccc(CCNC(C)CO)c(C)c1C. The van der Waals surface area contributed by atoms with Crippen molar-refractivity contribution in [2.75, 3.05) is 20.3 Å². The summed E-state index contributed by atoms with van der Waals surface area (Å²) in [6.07, 6.45) is 0.973. The van der Waals surface area contributed by atoms with Crippen molar-refractivity contribution in [2.24, 2.45) is 0 Å². The first kappa shape index (κ1) is 14.0. The largest absolute Gasteiger partial charge is 0.496 e. The fraction of sp³-hybridized carbons (Fsp3) is 0.571. The number of aliphatic hydroxyl groups is 1. The van der Waals surface area contributed by atoms with Crippen LogP contribution in [0.3, 0.4) is 0 Å². The molecule has 0 aliphatic carbocycles. The lowest BCUT2D eigenvalue weighted by Crippen LogP contribution is -2.31. The first-order valence-electron chi connectivity index (χ1n) is 6.07. The van der Waals surface area contributed by atoms with E-state index >= 15 is 0 Å². The topological polar surface area (TPSA) is 41.5 Å². The smallest absolute Gasteiger partial charge is 0.122 e. The zero-order valence-corrected chi connectivity index (χ0v) is 11.2. The van der Waals surface area contributed by atoms with Gasteiger partial charge in [-0.2, -0.15) is 0 Å². The highest BCUT2D eigenvalue weighted by Crippen LogP contribution is 2.23. The lowest BCUT2D eigenvalue weighted by atomic mass is 10.00. The number of hydrogen-bond acceptors (Lipinski definition) is 3. The second kappa shape index (κ2) is 6.62. The number of nitrogens with one attached hydrogen (secondary N) is 1. The molecule has 1 aromatic rings. The molecule has 0 fully saturated rings. The molecule has 0 spiro atoms. The molecule has 0 aliphatic heterocycles. The molecular formula is C14H23NO2. The van der Waals surface area contributed by atoms with Gasteiger partial charge < -0.3 is 15.2 Å². The highest BCUT2D eigenvalue weighted by molar-refractivity contribution is 5.43. The Kier molecular flexibility index (Phi) is 5.45. The van der Waals surface area contributed by atoms with E-state index in [1.165, 1.54) is 16.7 Å². The molecule has 0 bridgehead atoms. The summed E-state index contributed by atoms with van der Waals surface area (Å²) in [6.45, 7) is 7.26. The molecule has 2 N–H and O–H groups in total. The fourth-order valence-corrected chi connectivity index (χ4v) is 1.86. The van der Waals surface area contributed by atoms with Crippen molar-refractivity contribution in [1.29, 1.82) is 0 Å². The zero-order chi connectivity index (χ0) is 12.8. The van der Waals surface area contributed by atoms with Crippen LogP contribution in [-0.2, 0) is 6.42 Å². The normalized spacial score (nSPS) is 12.5. The molecular weight excluding hydrogens is 214 g/mol. The Morgan fingerprint density at radius 2 is 2.00 bits per heavy atom. The van der Waals surface area contributed by atoms with E-state index < -0.39 is 0 Å². The molecule has 1 atom stereocenters. The molecule has 0 heterocycles. The average Bonchev–Trinajstić information content (AvgIpc) is 2.34. The van der Waals surface area contributed by atoms with Gasteiger partial charge in [-0.15, -0.1) is 0 Å². The number of rotatable bonds is 6. The van der Waals surface area contributed by atoms with Crippen LogP contribution < -0.4 is 10.1 Å². The lowest BCUT2D eigenvalue weighted by molar-refractivity contribution is 0.252. The number of aliphatic hydroxyl groups excluding tert-OH is 1. The van der Waals surface area contributed by atoms with E-state index in [4.69, 9.17) is 9.84 Å². The second-order valence-electron chi connectivity index (χ2n) is 4.46. The summed E-state index contributed by atoms with van der Waals surface area (Å²) in [7, 11) is 1.70. The number of methoxy groups -OCH3 is 1. The molecule has 3 nitrogen and oxygen atoms in total. The van der Waals surface area contributed by atoms with Gasteiger partial charge in [0.25, 0.3) is 0 Å². The maximum absolute atomic E-state index is 8.92. The Hall–Kier alpha value is -1.06. The summed E-state index contributed by atoms with van der Waals surface area (Å²) in [5.74, 6) is 0.947. The Bertz CT molecular complexity index is 363. The van der Waals surface area contributed by atoms with E-state index in [0.717, 1.165) is 18.7 Å².